The molecule has 1 nitrogen and oxygen atoms in total. The molecular weight excluding hydrogens is 172 g/mol. The Kier molecular flexibility index (Phi) is 11.4. The molecule has 0 rings (SSSR count). The first kappa shape index (κ1) is 13.2. The smallest absolute Gasteiger partial charge is 0.225 e. The normalized spacial score (nSPS) is 11.5. The maximum atomic E-state index is 9.79. The van der Waals surface area contributed by atoms with E-state index in [0.717, 1.165) is 6.42 Å². The Morgan fingerprint density at radius 1 is 1.00 bits per heavy atom. The van der Waals surface area contributed by atoms with Crippen LogP contribution in [-0.2, 0) is 4.79 Å². The van der Waals surface area contributed by atoms with Crippen LogP contribution >= 0.6 is 0 Å². The van der Waals surface area contributed by atoms with E-state index in [4.69, 9.17) is 0 Å². The molecule has 0 saturated carbocycles. The molecule has 0 aliphatic heterocycles. The van der Waals surface area contributed by atoms with Gasteiger partial charge in [-0.15, -0.1) is 0 Å². The van der Waals surface area contributed by atoms with Crippen LogP contribution in [0.1, 0.15) is 51.9 Å². The predicted molar refractivity (Wildman–Crippen MR) is 62.0 cm³/mol. The summed E-state index contributed by atoms with van der Waals surface area (Å²) in [5.41, 5.74) is 0. The van der Waals surface area contributed by atoms with Gasteiger partial charge < -0.3 is 0 Å². The lowest BCUT2D eigenvalue weighted by Gasteiger charge is -1.96. The number of rotatable bonds is 9. The second-order valence-electron chi connectivity index (χ2n) is 3.46. The molecule has 0 aliphatic carbocycles. The fraction of sp³-hybridized carbons (Fsp3) is 0.615. The zero-order chi connectivity index (χ0) is 10.5. The Morgan fingerprint density at radius 3 is 2.43 bits per heavy atom. The molecule has 0 saturated heterocycles. The molecule has 0 amide bonds. The van der Waals surface area contributed by atoms with Gasteiger partial charge in [0.1, 0.15) is 0 Å². The summed E-state index contributed by atoms with van der Waals surface area (Å²) < 4.78 is 0. The molecule has 14 heavy (non-hydrogen) atoms. The second-order valence-corrected chi connectivity index (χ2v) is 3.46. The lowest BCUT2D eigenvalue weighted by molar-refractivity contribution is 0.564. The molecule has 0 bridgehead atoms. The highest BCUT2D eigenvalue weighted by molar-refractivity contribution is 5.66. The molecule has 1 radical (unpaired) electrons. The summed E-state index contributed by atoms with van der Waals surface area (Å²) in [5, 5.41) is 0. The van der Waals surface area contributed by atoms with Crippen molar-refractivity contribution < 1.29 is 4.79 Å². The molecule has 0 fully saturated rings. The fourth-order valence-electron chi connectivity index (χ4n) is 1.31. The summed E-state index contributed by atoms with van der Waals surface area (Å²) in [4.78, 5) is 9.79. The first-order valence-corrected chi connectivity index (χ1v) is 5.61. The highest BCUT2D eigenvalue weighted by Gasteiger charge is 1.87. The Labute approximate surface area is 87.9 Å². The van der Waals surface area contributed by atoms with Crippen LogP contribution in [0.4, 0.5) is 0 Å². The van der Waals surface area contributed by atoms with Crippen molar-refractivity contribution in [1.29, 1.82) is 0 Å². The van der Waals surface area contributed by atoms with Gasteiger partial charge in [0.2, 0.25) is 6.29 Å². The Hall–Kier alpha value is -0.850. The molecular formula is C13H21O. The van der Waals surface area contributed by atoms with Gasteiger partial charge >= 0.3 is 0 Å². The zero-order valence-electron chi connectivity index (χ0n) is 9.17. The molecule has 79 valence electrons. The number of hydrogen-bond donors (Lipinski definition) is 0. The number of unbranched alkanes of at least 4 members (excludes halogenated alkanes) is 6. The third kappa shape index (κ3) is 11.2. The van der Waals surface area contributed by atoms with Gasteiger partial charge in [0.05, 0.1) is 0 Å². The summed E-state index contributed by atoms with van der Waals surface area (Å²) in [6, 6.07) is 0. The molecule has 0 aromatic rings. The van der Waals surface area contributed by atoms with Crippen LogP contribution in [0.3, 0.4) is 0 Å². The van der Waals surface area contributed by atoms with E-state index in [-0.39, 0.29) is 0 Å². The van der Waals surface area contributed by atoms with Crippen molar-refractivity contribution in [2.24, 2.45) is 0 Å². The lowest BCUT2D eigenvalue weighted by Crippen LogP contribution is -1.77. The summed E-state index contributed by atoms with van der Waals surface area (Å²) in [7, 11) is 0. The molecule has 0 heterocycles. The van der Waals surface area contributed by atoms with E-state index in [1.54, 1.807) is 12.4 Å². The van der Waals surface area contributed by atoms with Crippen LogP contribution in [0.5, 0.6) is 0 Å². The highest BCUT2D eigenvalue weighted by atomic mass is 16.1. The van der Waals surface area contributed by atoms with Crippen LogP contribution in [0, 0.1) is 0 Å². The minimum atomic E-state index is 1.12. The molecule has 0 atom stereocenters. The average molecular weight is 193 g/mol. The first-order valence-electron chi connectivity index (χ1n) is 5.61. The van der Waals surface area contributed by atoms with Crippen LogP contribution in [0.25, 0.3) is 0 Å². The van der Waals surface area contributed by atoms with Crippen molar-refractivity contribution in [3.05, 3.63) is 24.3 Å². The van der Waals surface area contributed by atoms with E-state index in [2.05, 4.69) is 13.0 Å². The van der Waals surface area contributed by atoms with Crippen molar-refractivity contribution >= 4 is 6.29 Å². The monoisotopic (exact) mass is 193 g/mol. The van der Waals surface area contributed by atoms with E-state index in [1.807, 2.05) is 6.08 Å². The summed E-state index contributed by atoms with van der Waals surface area (Å²) in [6.07, 6.45) is 18.0. The van der Waals surface area contributed by atoms with E-state index in [0.29, 0.717) is 0 Å². The van der Waals surface area contributed by atoms with Gasteiger partial charge in [-0.3, -0.25) is 4.79 Å². The van der Waals surface area contributed by atoms with Crippen molar-refractivity contribution in [2.75, 3.05) is 0 Å². The van der Waals surface area contributed by atoms with E-state index in [1.165, 1.54) is 44.6 Å². The van der Waals surface area contributed by atoms with Gasteiger partial charge in [-0.1, -0.05) is 57.3 Å². The minimum absolute atomic E-state index is 1.12. The van der Waals surface area contributed by atoms with Gasteiger partial charge in [-0.25, -0.2) is 0 Å². The molecule has 0 N–H and O–H groups in total. The minimum Gasteiger partial charge on any atom is -0.286 e. The van der Waals surface area contributed by atoms with Crippen LogP contribution in [-0.4, -0.2) is 6.29 Å². The summed E-state index contributed by atoms with van der Waals surface area (Å²) >= 11 is 0. The predicted octanol–water partition coefficient (Wildman–Crippen LogP) is 3.96. The van der Waals surface area contributed by atoms with Gasteiger partial charge in [-0.2, -0.15) is 0 Å². The maximum Gasteiger partial charge on any atom is 0.225 e. The Bertz CT molecular complexity index is 168. The van der Waals surface area contributed by atoms with E-state index >= 15 is 0 Å². The number of allylic oxidation sites excluding steroid dienone is 4. The molecule has 0 spiro atoms. The Morgan fingerprint density at radius 2 is 1.71 bits per heavy atom. The fourth-order valence-corrected chi connectivity index (χ4v) is 1.31. The van der Waals surface area contributed by atoms with Crippen molar-refractivity contribution in [3.63, 3.8) is 0 Å². The van der Waals surface area contributed by atoms with Gasteiger partial charge in [0.15, 0.2) is 0 Å². The standard InChI is InChI=1S/C13H21O/c1-2-3-4-5-6-7-8-9-10-11-12-13-14/h9-12H,2-8H2,1H3. The van der Waals surface area contributed by atoms with Crippen molar-refractivity contribution in [2.45, 2.75) is 51.9 Å². The topological polar surface area (TPSA) is 17.1 Å². The SMILES string of the molecule is CCCCCCCCC=CC=C[C]=O. The summed E-state index contributed by atoms with van der Waals surface area (Å²) in [6.45, 7) is 2.24. The van der Waals surface area contributed by atoms with Crippen LogP contribution in [0.2, 0.25) is 0 Å². The van der Waals surface area contributed by atoms with E-state index < -0.39 is 0 Å². The van der Waals surface area contributed by atoms with Crippen molar-refractivity contribution in [3.8, 4) is 0 Å². The third-order valence-corrected chi connectivity index (χ3v) is 2.14. The first-order chi connectivity index (χ1) is 6.91. The zero-order valence-corrected chi connectivity index (χ0v) is 9.17. The van der Waals surface area contributed by atoms with Crippen LogP contribution < -0.4 is 0 Å². The largest absolute Gasteiger partial charge is 0.286 e. The molecule has 0 aromatic heterocycles. The maximum absolute atomic E-state index is 9.79. The third-order valence-electron chi connectivity index (χ3n) is 2.14. The summed E-state index contributed by atoms with van der Waals surface area (Å²) in [5.74, 6) is 0. The Balaban J connectivity index is 3.08. The average Bonchev–Trinajstić information content (AvgIpc) is 2.21. The van der Waals surface area contributed by atoms with Crippen LogP contribution in [0.15, 0.2) is 24.3 Å². The highest BCUT2D eigenvalue weighted by Crippen LogP contribution is 2.06. The lowest BCUT2D eigenvalue weighted by atomic mass is 10.1. The van der Waals surface area contributed by atoms with Gasteiger partial charge in [0, 0.05) is 0 Å². The van der Waals surface area contributed by atoms with Gasteiger partial charge in [0.25, 0.3) is 0 Å². The number of hydrogen-bond acceptors (Lipinski definition) is 1. The molecule has 0 aliphatic rings. The molecule has 0 unspecified atom stereocenters. The van der Waals surface area contributed by atoms with Gasteiger partial charge in [-0.05, 0) is 18.9 Å². The number of carbonyl (C=O) groups excluding carboxylic acids is 1. The molecule has 1 heteroatoms. The van der Waals surface area contributed by atoms with E-state index in [9.17, 15) is 4.79 Å². The molecule has 0 aromatic carbocycles. The quantitative estimate of drug-likeness (QED) is 0.308. The van der Waals surface area contributed by atoms with Crippen molar-refractivity contribution in [1.82, 2.24) is 0 Å². The second kappa shape index (κ2) is 12.2.